The molecule has 0 radical (unpaired) electrons. The van der Waals surface area contributed by atoms with Crippen LogP contribution in [0, 0.1) is 0 Å². The molecule has 8 nitrogen and oxygen atoms in total. The monoisotopic (exact) mass is 414 g/mol. The van der Waals surface area contributed by atoms with Gasteiger partial charge in [0.15, 0.2) is 11.2 Å². The SMILES string of the molecule is COc1ccc(O[C@H](C)C(=O)NNC(=O)[C@@H](C)Nc2nc3ccccc3s2)cc1. The molecule has 0 bridgehead atoms. The summed E-state index contributed by atoms with van der Waals surface area (Å²) in [5, 5.41) is 3.67. The van der Waals surface area contributed by atoms with Crippen LogP contribution in [0.2, 0.25) is 0 Å². The normalized spacial score (nSPS) is 12.7. The largest absolute Gasteiger partial charge is 0.497 e. The molecule has 0 saturated heterocycles. The topological polar surface area (TPSA) is 102 Å². The molecule has 1 heterocycles. The number of carbonyl (C=O) groups excluding carboxylic acids is 2. The van der Waals surface area contributed by atoms with Crippen molar-refractivity contribution >= 4 is 38.5 Å². The molecule has 0 aliphatic heterocycles. The molecule has 0 aliphatic carbocycles. The molecule has 2 amide bonds. The maximum Gasteiger partial charge on any atom is 0.279 e. The predicted octanol–water partition coefficient (Wildman–Crippen LogP) is 2.72. The molecule has 9 heteroatoms. The van der Waals surface area contributed by atoms with Gasteiger partial charge in [-0.1, -0.05) is 23.5 Å². The van der Waals surface area contributed by atoms with Crippen LogP contribution in [0.3, 0.4) is 0 Å². The van der Waals surface area contributed by atoms with Crippen molar-refractivity contribution in [1.82, 2.24) is 15.8 Å². The molecule has 3 rings (SSSR count). The van der Waals surface area contributed by atoms with Gasteiger partial charge in [0.2, 0.25) is 0 Å². The molecular formula is C20H22N4O4S. The van der Waals surface area contributed by atoms with Crippen molar-refractivity contribution in [3.05, 3.63) is 48.5 Å². The minimum atomic E-state index is -0.795. The van der Waals surface area contributed by atoms with E-state index in [1.54, 1.807) is 45.2 Å². The van der Waals surface area contributed by atoms with Crippen molar-refractivity contribution in [3.8, 4) is 11.5 Å². The summed E-state index contributed by atoms with van der Waals surface area (Å²) in [4.78, 5) is 28.8. The van der Waals surface area contributed by atoms with Crippen LogP contribution in [0.25, 0.3) is 10.2 Å². The zero-order chi connectivity index (χ0) is 20.8. The van der Waals surface area contributed by atoms with Gasteiger partial charge in [-0.3, -0.25) is 20.4 Å². The maximum atomic E-state index is 12.3. The molecule has 3 N–H and O–H groups in total. The first-order chi connectivity index (χ1) is 14.0. The Morgan fingerprint density at radius 2 is 1.62 bits per heavy atom. The molecule has 0 unspecified atom stereocenters. The molecule has 1 aromatic heterocycles. The summed E-state index contributed by atoms with van der Waals surface area (Å²) in [5.41, 5.74) is 5.64. The number of amides is 2. The highest BCUT2D eigenvalue weighted by atomic mass is 32.1. The lowest BCUT2D eigenvalue weighted by molar-refractivity contribution is -0.132. The number of hydrazine groups is 1. The van der Waals surface area contributed by atoms with E-state index in [0.717, 1.165) is 10.2 Å². The Kier molecular flexibility index (Phi) is 6.50. The zero-order valence-corrected chi connectivity index (χ0v) is 17.1. The van der Waals surface area contributed by atoms with Crippen LogP contribution in [0.5, 0.6) is 11.5 Å². The number of thiazole rings is 1. The number of para-hydroxylation sites is 1. The van der Waals surface area contributed by atoms with E-state index < -0.39 is 24.0 Å². The van der Waals surface area contributed by atoms with Crippen molar-refractivity contribution < 1.29 is 19.1 Å². The summed E-state index contributed by atoms with van der Waals surface area (Å²) >= 11 is 1.46. The van der Waals surface area contributed by atoms with E-state index in [-0.39, 0.29) is 0 Å². The van der Waals surface area contributed by atoms with E-state index in [1.807, 2.05) is 24.3 Å². The average Bonchev–Trinajstić information content (AvgIpc) is 3.14. The molecule has 2 atom stereocenters. The number of carbonyl (C=O) groups is 2. The lowest BCUT2D eigenvalue weighted by atomic mass is 10.3. The van der Waals surface area contributed by atoms with Gasteiger partial charge in [0.25, 0.3) is 11.8 Å². The van der Waals surface area contributed by atoms with Crippen LogP contribution in [-0.4, -0.2) is 36.1 Å². The second kappa shape index (κ2) is 9.24. The highest BCUT2D eigenvalue weighted by Crippen LogP contribution is 2.25. The Balaban J connectivity index is 1.47. The van der Waals surface area contributed by atoms with E-state index in [4.69, 9.17) is 9.47 Å². The van der Waals surface area contributed by atoms with E-state index in [9.17, 15) is 9.59 Å². The molecule has 152 valence electrons. The summed E-state index contributed by atoms with van der Waals surface area (Å²) in [6.45, 7) is 3.28. The summed E-state index contributed by atoms with van der Waals surface area (Å²) in [6, 6.07) is 14.0. The first kappa shape index (κ1) is 20.4. The lowest BCUT2D eigenvalue weighted by Crippen LogP contribution is -2.51. The summed E-state index contributed by atoms with van der Waals surface area (Å²) < 4.78 is 11.7. The number of anilines is 1. The number of fused-ring (bicyclic) bond motifs is 1. The Morgan fingerprint density at radius 3 is 2.31 bits per heavy atom. The number of hydrogen-bond acceptors (Lipinski definition) is 7. The Labute approximate surface area is 172 Å². The second-order valence-corrected chi connectivity index (χ2v) is 7.30. The second-order valence-electron chi connectivity index (χ2n) is 6.27. The molecule has 3 aromatic rings. The zero-order valence-electron chi connectivity index (χ0n) is 16.3. The molecule has 0 aliphatic rings. The van der Waals surface area contributed by atoms with Gasteiger partial charge in [-0.05, 0) is 50.2 Å². The van der Waals surface area contributed by atoms with Crippen molar-refractivity contribution in [3.63, 3.8) is 0 Å². The Morgan fingerprint density at radius 1 is 0.966 bits per heavy atom. The van der Waals surface area contributed by atoms with Gasteiger partial charge >= 0.3 is 0 Å². The number of aromatic nitrogens is 1. The molecule has 0 fully saturated rings. The van der Waals surface area contributed by atoms with Gasteiger partial charge < -0.3 is 14.8 Å². The van der Waals surface area contributed by atoms with E-state index in [0.29, 0.717) is 16.6 Å². The number of ether oxygens (including phenoxy) is 2. The quantitative estimate of drug-likeness (QED) is 0.514. The smallest absolute Gasteiger partial charge is 0.279 e. The van der Waals surface area contributed by atoms with Gasteiger partial charge in [0.1, 0.15) is 17.5 Å². The van der Waals surface area contributed by atoms with Crippen molar-refractivity contribution in [2.45, 2.75) is 26.0 Å². The molecular weight excluding hydrogens is 392 g/mol. The van der Waals surface area contributed by atoms with Crippen LogP contribution < -0.4 is 25.6 Å². The third-order valence-electron chi connectivity index (χ3n) is 4.08. The molecule has 0 spiro atoms. The van der Waals surface area contributed by atoms with Crippen LogP contribution in [0.1, 0.15) is 13.8 Å². The number of nitrogens with one attached hydrogen (secondary N) is 3. The van der Waals surface area contributed by atoms with Crippen molar-refractivity contribution in [2.75, 3.05) is 12.4 Å². The Bertz CT molecular complexity index is 957. The number of nitrogens with zero attached hydrogens (tertiary/aromatic N) is 1. The molecule has 29 heavy (non-hydrogen) atoms. The standard InChI is InChI=1S/C20H22N4O4S/c1-12(21-20-22-16-6-4-5-7-17(16)29-20)18(25)23-24-19(26)13(2)28-15-10-8-14(27-3)9-11-15/h4-13H,1-3H3,(H,21,22)(H,23,25)(H,24,26)/t12-,13-/m1/s1. The maximum absolute atomic E-state index is 12.3. The third kappa shape index (κ3) is 5.35. The highest BCUT2D eigenvalue weighted by molar-refractivity contribution is 7.22. The van der Waals surface area contributed by atoms with Crippen LogP contribution in [0.4, 0.5) is 5.13 Å². The van der Waals surface area contributed by atoms with E-state index in [1.165, 1.54) is 11.3 Å². The van der Waals surface area contributed by atoms with E-state index in [2.05, 4.69) is 21.2 Å². The first-order valence-electron chi connectivity index (χ1n) is 8.99. The number of methoxy groups -OCH3 is 1. The first-order valence-corrected chi connectivity index (χ1v) is 9.80. The fourth-order valence-corrected chi connectivity index (χ4v) is 3.38. The minimum Gasteiger partial charge on any atom is -0.497 e. The van der Waals surface area contributed by atoms with Crippen LogP contribution in [0.15, 0.2) is 48.5 Å². The van der Waals surface area contributed by atoms with Gasteiger partial charge in [-0.2, -0.15) is 0 Å². The fourth-order valence-electron chi connectivity index (χ4n) is 2.43. The summed E-state index contributed by atoms with van der Waals surface area (Å²) in [7, 11) is 1.57. The predicted molar refractivity (Wildman–Crippen MR) is 112 cm³/mol. The van der Waals surface area contributed by atoms with Crippen molar-refractivity contribution in [2.24, 2.45) is 0 Å². The minimum absolute atomic E-state index is 0.394. The number of benzene rings is 2. The summed E-state index contributed by atoms with van der Waals surface area (Å²) in [6.07, 6.45) is -0.795. The molecule has 2 aromatic carbocycles. The lowest BCUT2D eigenvalue weighted by Gasteiger charge is -2.17. The molecule has 0 saturated carbocycles. The average molecular weight is 414 g/mol. The van der Waals surface area contributed by atoms with Gasteiger partial charge in [0, 0.05) is 0 Å². The summed E-state index contributed by atoms with van der Waals surface area (Å²) in [5.74, 6) is 0.345. The van der Waals surface area contributed by atoms with E-state index >= 15 is 0 Å². The van der Waals surface area contributed by atoms with Gasteiger partial charge in [0.05, 0.1) is 17.3 Å². The highest BCUT2D eigenvalue weighted by Gasteiger charge is 2.19. The van der Waals surface area contributed by atoms with Crippen molar-refractivity contribution in [1.29, 1.82) is 0 Å². The fraction of sp³-hybridized carbons (Fsp3) is 0.250. The number of hydrogen-bond donors (Lipinski definition) is 3. The van der Waals surface area contributed by atoms with Crippen LogP contribution >= 0.6 is 11.3 Å². The third-order valence-corrected chi connectivity index (χ3v) is 5.05. The Hall–Kier alpha value is -3.33. The number of rotatable bonds is 7. The van der Waals surface area contributed by atoms with Crippen LogP contribution in [-0.2, 0) is 9.59 Å². The van der Waals surface area contributed by atoms with Gasteiger partial charge in [-0.25, -0.2) is 4.98 Å². The van der Waals surface area contributed by atoms with Gasteiger partial charge in [-0.15, -0.1) is 0 Å².